The van der Waals surface area contributed by atoms with Crippen LogP contribution in [0, 0.1) is 6.92 Å². The van der Waals surface area contributed by atoms with E-state index in [0.717, 1.165) is 5.56 Å². The molecule has 0 unspecified atom stereocenters. The summed E-state index contributed by atoms with van der Waals surface area (Å²) in [6.45, 7) is 2.02. The molecular weight excluding hydrogens is 268 g/mol. The summed E-state index contributed by atoms with van der Waals surface area (Å²) in [7, 11) is 1.68. The van der Waals surface area contributed by atoms with Crippen molar-refractivity contribution < 1.29 is 14.6 Å². The summed E-state index contributed by atoms with van der Waals surface area (Å²) < 4.78 is 7.12. The van der Waals surface area contributed by atoms with E-state index >= 15 is 0 Å². The first-order valence-electron chi connectivity index (χ1n) is 5.62. The predicted molar refractivity (Wildman–Crippen MR) is 70.7 cm³/mol. The lowest BCUT2D eigenvalue weighted by molar-refractivity contribution is 0.0693. The molecular formula is C13H13ClN2O3. The minimum absolute atomic E-state index is 0.139. The maximum absolute atomic E-state index is 11.0. The maximum Gasteiger partial charge on any atom is 0.339 e. The van der Waals surface area contributed by atoms with Crippen LogP contribution in [0.1, 0.15) is 21.6 Å². The highest BCUT2D eigenvalue weighted by atomic mass is 35.5. The van der Waals surface area contributed by atoms with E-state index in [1.165, 1.54) is 10.9 Å². The molecule has 1 aromatic carbocycles. The highest BCUT2D eigenvalue weighted by Gasteiger charge is 2.15. The van der Waals surface area contributed by atoms with Crippen molar-refractivity contribution in [1.29, 1.82) is 0 Å². The van der Waals surface area contributed by atoms with Gasteiger partial charge in [-0.1, -0.05) is 11.6 Å². The molecule has 0 amide bonds. The average molecular weight is 281 g/mol. The molecule has 0 aliphatic heterocycles. The second kappa shape index (κ2) is 5.32. The second-order valence-electron chi connectivity index (χ2n) is 4.13. The monoisotopic (exact) mass is 280 g/mol. The van der Waals surface area contributed by atoms with Gasteiger partial charge in [0.15, 0.2) is 0 Å². The van der Waals surface area contributed by atoms with Crippen LogP contribution in [0.4, 0.5) is 0 Å². The highest BCUT2D eigenvalue weighted by molar-refractivity contribution is 6.30. The molecule has 0 aliphatic carbocycles. The quantitative estimate of drug-likeness (QED) is 0.935. The number of aromatic nitrogens is 2. The van der Waals surface area contributed by atoms with E-state index in [-0.39, 0.29) is 12.2 Å². The topological polar surface area (TPSA) is 64.3 Å². The van der Waals surface area contributed by atoms with Crippen molar-refractivity contribution in [3.05, 3.63) is 46.2 Å². The number of benzene rings is 1. The van der Waals surface area contributed by atoms with Gasteiger partial charge in [-0.05, 0) is 30.7 Å². The number of nitrogens with zero attached hydrogens (tertiary/aromatic N) is 2. The number of carbonyl (C=O) groups is 1. The molecule has 6 heteroatoms. The summed E-state index contributed by atoms with van der Waals surface area (Å²) in [6.07, 6.45) is 1.32. The molecule has 0 fully saturated rings. The largest absolute Gasteiger partial charge is 0.487 e. The van der Waals surface area contributed by atoms with Gasteiger partial charge in [0.25, 0.3) is 0 Å². The number of carboxylic acid groups (broad SMARTS) is 1. The van der Waals surface area contributed by atoms with Gasteiger partial charge < -0.3 is 9.84 Å². The van der Waals surface area contributed by atoms with E-state index in [2.05, 4.69) is 5.10 Å². The van der Waals surface area contributed by atoms with Crippen LogP contribution in [0.15, 0.2) is 24.4 Å². The lowest BCUT2D eigenvalue weighted by Crippen LogP contribution is -2.08. The van der Waals surface area contributed by atoms with E-state index in [4.69, 9.17) is 21.4 Å². The number of rotatable bonds is 4. The van der Waals surface area contributed by atoms with Gasteiger partial charge in [0, 0.05) is 12.1 Å². The molecule has 5 nitrogen and oxygen atoms in total. The smallest absolute Gasteiger partial charge is 0.339 e. The van der Waals surface area contributed by atoms with Gasteiger partial charge >= 0.3 is 5.97 Å². The molecule has 2 aromatic rings. The zero-order valence-corrected chi connectivity index (χ0v) is 11.3. The predicted octanol–water partition coefficient (Wildman–Crippen LogP) is 2.66. The van der Waals surface area contributed by atoms with Crippen molar-refractivity contribution in [3.8, 4) is 5.75 Å². The Hall–Kier alpha value is -2.01. The number of hydrogen-bond donors (Lipinski definition) is 1. The first-order valence-corrected chi connectivity index (χ1v) is 6.00. The van der Waals surface area contributed by atoms with Crippen LogP contribution in [0.25, 0.3) is 0 Å². The number of carboxylic acids is 1. The van der Waals surface area contributed by atoms with Crippen LogP contribution in [-0.4, -0.2) is 20.9 Å². The van der Waals surface area contributed by atoms with Crippen LogP contribution in [0.5, 0.6) is 5.75 Å². The Morgan fingerprint density at radius 3 is 2.89 bits per heavy atom. The molecule has 2 rings (SSSR count). The van der Waals surface area contributed by atoms with Crippen LogP contribution in [0.3, 0.4) is 0 Å². The third kappa shape index (κ3) is 2.88. The molecule has 0 bridgehead atoms. The molecule has 0 saturated carbocycles. The third-order valence-electron chi connectivity index (χ3n) is 2.79. The van der Waals surface area contributed by atoms with Gasteiger partial charge in [0.1, 0.15) is 17.9 Å². The number of aromatic carboxylic acids is 1. The van der Waals surface area contributed by atoms with Crippen molar-refractivity contribution in [2.45, 2.75) is 13.5 Å². The van der Waals surface area contributed by atoms with E-state index in [0.29, 0.717) is 16.5 Å². The summed E-state index contributed by atoms with van der Waals surface area (Å²) in [6, 6.07) is 5.28. The van der Waals surface area contributed by atoms with Gasteiger partial charge in [-0.2, -0.15) is 5.10 Å². The Balaban J connectivity index is 2.19. The molecule has 0 aliphatic rings. The van der Waals surface area contributed by atoms with Crippen LogP contribution < -0.4 is 4.74 Å². The summed E-state index contributed by atoms with van der Waals surface area (Å²) in [5.41, 5.74) is 1.56. The molecule has 19 heavy (non-hydrogen) atoms. The Morgan fingerprint density at radius 1 is 1.53 bits per heavy atom. The number of hydrogen-bond acceptors (Lipinski definition) is 3. The first-order chi connectivity index (χ1) is 8.99. The molecule has 0 radical (unpaired) electrons. The standard InChI is InChI=1S/C13H13ClN2O3/c1-8-5-9(14)3-4-12(8)19-7-11-10(13(17)18)6-15-16(11)2/h3-6H,7H2,1-2H3,(H,17,18). The molecule has 100 valence electrons. The maximum atomic E-state index is 11.0. The van der Waals surface area contributed by atoms with Gasteiger partial charge in [0.05, 0.1) is 11.9 Å². The zero-order valence-electron chi connectivity index (χ0n) is 10.6. The summed E-state index contributed by atoms with van der Waals surface area (Å²) in [5.74, 6) is -0.346. The molecule has 0 atom stereocenters. The normalized spacial score (nSPS) is 10.5. The van der Waals surface area contributed by atoms with E-state index < -0.39 is 5.97 Å². The van der Waals surface area contributed by atoms with Gasteiger partial charge in [-0.3, -0.25) is 4.68 Å². The Kier molecular flexibility index (Phi) is 3.76. The number of aryl methyl sites for hydroxylation is 2. The molecule has 0 saturated heterocycles. The van der Waals surface area contributed by atoms with Gasteiger partial charge in [0.2, 0.25) is 0 Å². The second-order valence-corrected chi connectivity index (χ2v) is 4.57. The summed E-state index contributed by atoms with van der Waals surface area (Å²) in [4.78, 5) is 11.0. The third-order valence-corrected chi connectivity index (χ3v) is 3.03. The van der Waals surface area contributed by atoms with Crippen LogP contribution in [-0.2, 0) is 13.7 Å². The van der Waals surface area contributed by atoms with Crippen molar-refractivity contribution in [1.82, 2.24) is 9.78 Å². The van der Waals surface area contributed by atoms with Crippen LogP contribution >= 0.6 is 11.6 Å². The van der Waals surface area contributed by atoms with Crippen LogP contribution in [0.2, 0.25) is 5.02 Å². The lowest BCUT2D eigenvalue weighted by atomic mass is 10.2. The van der Waals surface area contributed by atoms with E-state index in [1.54, 1.807) is 25.2 Å². The highest BCUT2D eigenvalue weighted by Crippen LogP contribution is 2.23. The molecule has 1 heterocycles. The van der Waals surface area contributed by atoms with E-state index in [9.17, 15) is 4.79 Å². The summed E-state index contributed by atoms with van der Waals surface area (Å²) >= 11 is 5.86. The zero-order chi connectivity index (χ0) is 14.0. The minimum atomic E-state index is -1.01. The lowest BCUT2D eigenvalue weighted by Gasteiger charge is -2.10. The van der Waals surface area contributed by atoms with E-state index in [1.807, 2.05) is 6.92 Å². The van der Waals surface area contributed by atoms with Crippen molar-refractivity contribution in [2.24, 2.45) is 7.05 Å². The minimum Gasteiger partial charge on any atom is -0.487 e. The number of ether oxygens (including phenoxy) is 1. The van der Waals surface area contributed by atoms with Crippen molar-refractivity contribution in [2.75, 3.05) is 0 Å². The Labute approximate surface area is 115 Å². The van der Waals surface area contributed by atoms with Crippen molar-refractivity contribution >= 4 is 17.6 Å². The molecule has 1 N–H and O–H groups in total. The number of halogens is 1. The van der Waals surface area contributed by atoms with Gasteiger partial charge in [-0.15, -0.1) is 0 Å². The van der Waals surface area contributed by atoms with Crippen molar-refractivity contribution in [3.63, 3.8) is 0 Å². The Morgan fingerprint density at radius 2 is 2.26 bits per heavy atom. The SMILES string of the molecule is Cc1cc(Cl)ccc1OCc1c(C(=O)O)cnn1C. The fraction of sp³-hybridized carbons (Fsp3) is 0.231. The fourth-order valence-corrected chi connectivity index (χ4v) is 1.96. The molecule has 1 aromatic heterocycles. The van der Waals surface area contributed by atoms with Gasteiger partial charge in [-0.25, -0.2) is 4.79 Å². The molecule has 0 spiro atoms. The first kappa shape index (κ1) is 13.4. The average Bonchev–Trinajstić information content (AvgIpc) is 2.70. The fourth-order valence-electron chi connectivity index (χ4n) is 1.73. The Bertz CT molecular complexity index is 622. The summed E-state index contributed by atoms with van der Waals surface area (Å²) in [5, 5.41) is 13.6.